The van der Waals surface area contributed by atoms with Crippen molar-refractivity contribution in [2.24, 2.45) is 0 Å². The molecule has 0 aromatic heterocycles. The minimum Gasteiger partial charge on any atom is -0.423 e. The van der Waals surface area contributed by atoms with E-state index in [4.69, 9.17) is 44.3 Å². The predicted octanol–water partition coefficient (Wildman–Crippen LogP) is 4.37. The summed E-state index contributed by atoms with van der Waals surface area (Å²) < 4.78 is 10.2. The van der Waals surface area contributed by atoms with Crippen LogP contribution in [-0.4, -0.2) is 19.2 Å². The number of hydrogen-bond acceptors (Lipinski definition) is 3. The first kappa shape index (κ1) is 15.6. The molecule has 0 bridgehead atoms. The van der Waals surface area contributed by atoms with Crippen LogP contribution < -0.4 is 4.74 Å². The summed E-state index contributed by atoms with van der Waals surface area (Å²) in [6, 6.07) is 2.94. The van der Waals surface area contributed by atoms with Gasteiger partial charge in [-0.3, -0.25) is 4.79 Å². The van der Waals surface area contributed by atoms with Gasteiger partial charge in [0.1, 0.15) is 0 Å². The summed E-state index contributed by atoms with van der Waals surface area (Å²) in [5.74, 6) is -0.259. The number of ether oxygens (including phenoxy) is 2. The first-order valence-electron chi connectivity index (χ1n) is 5.47. The molecule has 0 aliphatic rings. The van der Waals surface area contributed by atoms with E-state index in [9.17, 15) is 4.79 Å². The summed E-state index contributed by atoms with van der Waals surface area (Å²) in [5, 5.41) is 0.817. The van der Waals surface area contributed by atoms with Crippen LogP contribution in [0.25, 0.3) is 0 Å². The fourth-order valence-electron chi connectivity index (χ4n) is 1.25. The zero-order valence-electron chi connectivity index (χ0n) is 9.84. The van der Waals surface area contributed by atoms with Crippen LogP contribution in [0.1, 0.15) is 19.8 Å². The van der Waals surface area contributed by atoms with E-state index in [1.165, 1.54) is 12.1 Å². The molecule has 6 heteroatoms. The third-order valence-corrected chi connectivity index (χ3v) is 2.83. The highest BCUT2D eigenvalue weighted by Crippen LogP contribution is 2.35. The van der Waals surface area contributed by atoms with Crippen LogP contribution in [0.3, 0.4) is 0 Å². The number of halogens is 3. The molecule has 0 amide bonds. The topological polar surface area (TPSA) is 35.5 Å². The van der Waals surface area contributed by atoms with Crippen molar-refractivity contribution in [3.05, 3.63) is 27.2 Å². The molecule has 3 nitrogen and oxygen atoms in total. The molecule has 1 aromatic rings. The van der Waals surface area contributed by atoms with E-state index < -0.39 is 5.97 Å². The first-order valence-corrected chi connectivity index (χ1v) is 6.61. The average Bonchev–Trinajstić information content (AvgIpc) is 2.29. The van der Waals surface area contributed by atoms with E-state index in [1.807, 2.05) is 6.92 Å². The van der Waals surface area contributed by atoms with Gasteiger partial charge in [0, 0.05) is 24.7 Å². The maximum absolute atomic E-state index is 11.5. The molecule has 1 aromatic carbocycles. The lowest BCUT2D eigenvalue weighted by Gasteiger charge is -2.08. The van der Waals surface area contributed by atoms with Gasteiger partial charge in [-0.2, -0.15) is 0 Å². The highest BCUT2D eigenvalue weighted by molar-refractivity contribution is 6.40. The standard InChI is InChI=1S/C12H13Cl3O3/c1-2-17-5-3-4-11(16)18-12-9(14)6-8(13)7-10(12)15/h6-7H,2-5H2,1H3. The lowest BCUT2D eigenvalue weighted by atomic mass is 10.3. The summed E-state index contributed by atoms with van der Waals surface area (Å²) in [7, 11) is 0. The van der Waals surface area contributed by atoms with E-state index >= 15 is 0 Å². The molecule has 0 saturated carbocycles. The zero-order chi connectivity index (χ0) is 13.5. The molecule has 1 rings (SSSR count). The van der Waals surface area contributed by atoms with Crippen LogP contribution in [0, 0.1) is 0 Å². The smallest absolute Gasteiger partial charge is 0.311 e. The van der Waals surface area contributed by atoms with Crippen LogP contribution in [0.15, 0.2) is 12.1 Å². The Morgan fingerprint density at radius 2 is 1.83 bits per heavy atom. The van der Waals surface area contributed by atoms with Crippen molar-refractivity contribution in [1.29, 1.82) is 0 Å². The minimum atomic E-state index is -0.402. The van der Waals surface area contributed by atoms with Crippen LogP contribution in [0.5, 0.6) is 5.75 Å². The molecule has 0 aliphatic carbocycles. The SMILES string of the molecule is CCOCCCC(=O)Oc1c(Cl)cc(Cl)cc1Cl. The second kappa shape index (κ2) is 7.85. The summed E-state index contributed by atoms with van der Waals surface area (Å²) in [6.07, 6.45) is 0.838. The Bertz CT molecular complexity index is 398. The maximum atomic E-state index is 11.5. The zero-order valence-corrected chi connectivity index (χ0v) is 12.1. The van der Waals surface area contributed by atoms with Crippen molar-refractivity contribution >= 4 is 40.8 Å². The van der Waals surface area contributed by atoms with Crippen molar-refractivity contribution in [3.8, 4) is 5.75 Å². The Morgan fingerprint density at radius 1 is 1.22 bits per heavy atom. The Kier molecular flexibility index (Phi) is 6.79. The first-order chi connectivity index (χ1) is 8.54. The lowest BCUT2D eigenvalue weighted by molar-refractivity contribution is -0.134. The monoisotopic (exact) mass is 310 g/mol. The fraction of sp³-hybridized carbons (Fsp3) is 0.417. The average molecular weight is 312 g/mol. The van der Waals surface area contributed by atoms with Crippen molar-refractivity contribution < 1.29 is 14.3 Å². The number of hydrogen-bond donors (Lipinski definition) is 0. The van der Waals surface area contributed by atoms with Crippen molar-refractivity contribution in [2.45, 2.75) is 19.8 Å². The molecule has 0 radical (unpaired) electrons. The largest absolute Gasteiger partial charge is 0.423 e. The molecule has 0 N–H and O–H groups in total. The van der Waals surface area contributed by atoms with Crippen molar-refractivity contribution in [3.63, 3.8) is 0 Å². The normalized spacial score (nSPS) is 10.4. The van der Waals surface area contributed by atoms with E-state index in [1.54, 1.807) is 0 Å². The molecule has 0 spiro atoms. The van der Waals surface area contributed by atoms with Crippen LogP contribution in [0.2, 0.25) is 15.1 Å². The molecular weight excluding hydrogens is 298 g/mol. The van der Waals surface area contributed by atoms with Gasteiger partial charge in [-0.1, -0.05) is 34.8 Å². The van der Waals surface area contributed by atoms with Gasteiger partial charge >= 0.3 is 5.97 Å². The highest BCUT2D eigenvalue weighted by Gasteiger charge is 2.13. The summed E-state index contributed by atoms with van der Waals surface area (Å²) in [6.45, 7) is 3.04. The van der Waals surface area contributed by atoms with Gasteiger partial charge in [-0.25, -0.2) is 0 Å². The molecule has 0 atom stereocenters. The van der Waals surface area contributed by atoms with Gasteiger partial charge in [-0.15, -0.1) is 0 Å². The summed E-state index contributed by atoms with van der Waals surface area (Å²) in [4.78, 5) is 11.5. The quantitative estimate of drug-likeness (QED) is 0.444. The van der Waals surface area contributed by atoms with Crippen LogP contribution in [0.4, 0.5) is 0 Å². The van der Waals surface area contributed by atoms with E-state index in [-0.39, 0.29) is 22.2 Å². The summed E-state index contributed by atoms with van der Waals surface area (Å²) in [5.41, 5.74) is 0. The molecular formula is C12H13Cl3O3. The molecule has 0 unspecified atom stereocenters. The van der Waals surface area contributed by atoms with Crippen LogP contribution >= 0.6 is 34.8 Å². The van der Waals surface area contributed by atoms with Gasteiger partial charge in [0.05, 0.1) is 10.0 Å². The van der Waals surface area contributed by atoms with E-state index in [0.29, 0.717) is 24.7 Å². The summed E-state index contributed by atoms with van der Waals surface area (Å²) >= 11 is 17.5. The van der Waals surface area contributed by atoms with Gasteiger partial charge in [0.25, 0.3) is 0 Å². The fourth-order valence-corrected chi connectivity index (χ4v) is 2.15. The Morgan fingerprint density at radius 3 is 2.39 bits per heavy atom. The number of rotatable bonds is 6. The number of carbonyl (C=O) groups is 1. The predicted molar refractivity (Wildman–Crippen MR) is 72.8 cm³/mol. The number of benzene rings is 1. The second-order valence-electron chi connectivity index (χ2n) is 3.47. The van der Waals surface area contributed by atoms with Gasteiger partial charge < -0.3 is 9.47 Å². The molecule has 0 heterocycles. The Balaban J connectivity index is 2.54. The third kappa shape index (κ3) is 5.02. The van der Waals surface area contributed by atoms with Crippen molar-refractivity contribution in [2.75, 3.05) is 13.2 Å². The van der Waals surface area contributed by atoms with Gasteiger partial charge in [0.15, 0.2) is 5.75 Å². The minimum absolute atomic E-state index is 0.143. The van der Waals surface area contributed by atoms with Gasteiger partial charge in [-0.05, 0) is 25.5 Å². The Labute approximate surface area is 121 Å². The molecule has 0 aliphatic heterocycles. The van der Waals surface area contributed by atoms with Crippen molar-refractivity contribution in [1.82, 2.24) is 0 Å². The maximum Gasteiger partial charge on any atom is 0.311 e. The Hall–Kier alpha value is -0.480. The second-order valence-corrected chi connectivity index (χ2v) is 4.72. The lowest BCUT2D eigenvalue weighted by Crippen LogP contribution is -2.09. The third-order valence-electron chi connectivity index (χ3n) is 2.05. The molecule has 0 saturated heterocycles. The highest BCUT2D eigenvalue weighted by atomic mass is 35.5. The molecule has 18 heavy (non-hydrogen) atoms. The number of carbonyl (C=O) groups excluding carboxylic acids is 1. The van der Waals surface area contributed by atoms with E-state index in [2.05, 4.69) is 0 Å². The van der Waals surface area contributed by atoms with Crippen LogP contribution in [-0.2, 0) is 9.53 Å². The molecule has 100 valence electrons. The molecule has 0 fully saturated rings. The van der Waals surface area contributed by atoms with Gasteiger partial charge in [0.2, 0.25) is 0 Å². The number of esters is 1. The van der Waals surface area contributed by atoms with E-state index in [0.717, 1.165) is 0 Å².